The van der Waals surface area contributed by atoms with Gasteiger partial charge in [-0.3, -0.25) is 9.59 Å². The molecule has 0 unspecified atom stereocenters. The molecule has 0 atom stereocenters. The maximum Gasteiger partial charge on any atom is 0.226 e. The molecule has 0 aliphatic rings. The molecule has 2 aromatic carbocycles. The first kappa shape index (κ1) is 18.7. The molecule has 4 nitrogen and oxygen atoms in total. The lowest BCUT2D eigenvalue weighted by Crippen LogP contribution is -2.29. The van der Waals surface area contributed by atoms with Gasteiger partial charge in [0.25, 0.3) is 0 Å². The lowest BCUT2D eigenvalue weighted by atomic mass is 9.98. The van der Waals surface area contributed by atoms with Gasteiger partial charge in [0, 0.05) is 18.7 Å². The molecule has 0 aliphatic heterocycles. The number of hydrogen-bond donors (Lipinski definition) is 2. The molecule has 4 heteroatoms. The van der Waals surface area contributed by atoms with E-state index in [-0.39, 0.29) is 18.2 Å². The van der Waals surface area contributed by atoms with Gasteiger partial charge >= 0.3 is 0 Å². The van der Waals surface area contributed by atoms with E-state index >= 15 is 0 Å². The quantitative estimate of drug-likeness (QED) is 0.806. The largest absolute Gasteiger partial charge is 0.355 e. The van der Waals surface area contributed by atoms with Crippen LogP contribution in [-0.2, 0) is 16.0 Å². The smallest absolute Gasteiger partial charge is 0.226 e. The third-order valence-electron chi connectivity index (χ3n) is 4.07. The van der Waals surface area contributed by atoms with Crippen LogP contribution in [0.15, 0.2) is 48.5 Å². The predicted octanol–water partition coefficient (Wildman–Crippen LogP) is 3.81. The summed E-state index contributed by atoms with van der Waals surface area (Å²) in [6, 6.07) is 15.6. The molecular weight excluding hydrogens is 312 g/mol. The molecule has 25 heavy (non-hydrogen) atoms. The minimum Gasteiger partial charge on any atom is -0.355 e. The second-order valence-electron chi connectivity index (χ2n) is 6.50. The SMILES string of the molecule is Cc1cccc(C(C)C)c1NC(=O)CCNC(=O)Cc1ccccc1. The van der Waals surface area contributed by atoms with E-state index in [0.29, 0.717) is 18.9 Å². The average Bonchev–Trinajstić information content (AvgIpc) is 2.57. The molecule has 132 valence electrons. The molecule has 2 amide bonds. The van der Waals surface area contributed by atoms with Crippen LogP contribution in [0.25, 0.3) is 0 Å². The highest BCUT2D eigenvalue weighted by atomic mass is 16.2. The zero-order chi connectivity index (χ0) is 18.2. The van der Waals surface area contributed by atoms with Crippen molar-refractivity contribution in [1.82, 2.24) is 5.32 Å². The number of hydrogen-bond acceptors (Lipinski definition) is 2. The number of anilines is 1. The van der Waals surface area contributed by atoms with Crippen molar-refractivity contribution in [2.75, 3.05) is 11.9 Å². The van der Waals surface area contributed by atoms with Gasteiger partial charge in [-0.25, -0.2) is 0 Å². The van der Waals surface area contributed by atoms with Crippen molar-refractivity contribution in [2.24, 2.45) is 0 Å². The van der Waals surface area contributed by atoms with E-state index in [1.54, 1.807) is 0 Å². The molecule has 0 saturated heterocycles. The highest BCUT2D eigenvalue weighted by Gasteiger charge is 2.12. The van der Waals surface area contributed by atoms with Gasteiger partial charge in [0.05, 0.1) is 6.42 Å². The average molecular weight is 338 g/mol. The monoisotopic (exact) mass is 338 g/mol. The zero-order valence-electron chi connectivity index (χ0n) is 15.1. The topological polar surface area (TPSA) is 58.2 Å². The van der Waals surface area contributed by atoms with Crippen LogP contribution in [-0.4, -0.2) is 18.4 Å². The Morgan fingerprint density at radius 1 is 0.960 bits per heavy atom. The van der Waals surface area contributed by atoms with E-state index in [1.807, 2.05) is 55.5 Å². The van der Waals surface area contributed by atoms with Crippen LogP contribution >= 0.6 is 0 Å². The number of amides is 2. The number of benzene rings is 2. The van der Waals surface area contributed by atoms with Gasteiger partial charge < -0.3 is 10.6 Å². The standard InChI is InChI=1S/C21H26N2O2/c1-15(2)18-11-7-8-16(3)21(18)23-19(24)12-13-22-20(25)14-17-9-5-4-6-10-17/h4-11,15H,12-14H2,1-3H3,(H,22,25)(H,23,24). The summed E-state index contributed by atoms with van der Waals surface area (Å²) in [7, 11) is 0. The van der Waals surface area contributed by atoms with Gasteiger partial charge in [0.2, 0.25) is 11.8 Å². The van der Waals surface area contributed by atoms with Gasteiger partial charge in [-0.2, -0.15) is 0 Å². The molecule has 0 heterocycles. The van der Waals surface area contributed by atoms with E-state index in [4.69, 9.17) is 0 Å². The Hall–Kier alpha value is -2.62. The molecule has 0 bridgehead atoms. The van der Waals surface area contributed by atoms with E-state index in [2.05, 4.69) is 24.5 Å². The van der Waals surface area contributed by atoms with Crippen molar-refractivity contribution in [3.8, 4) is 0 Å². The van der Waals surface area contributed by atoms with E-state index < -0.39 is 0 Å². The number of carbonyl (C=O) groups excluding carboxylic acids is 2. The van der Waals surface area contributed by atoms with E-state index in [1.165, 1.54) is 0 Å². The van der Waals surface area contributed by atoms with Crippen molar-refractivity contribution < 1.29 is 9.59 Å². The Labute approximate surface area is 149 Å². The summed E-state index contributed by atoms with van der Waals surface area (Å²) in [6.45, 7) is 6.53. The zero-order valence-corrected chi connectivity index (χ0v) is 15.1. The molecule has 0 fully saturated rings. The van der Waals surface area contributed by atoms with Gasteiger partial charge in [0.1, 0.15) is 0 Å². The Morgan fingerprint density at radius 2 is 1.68 bits per heavy atom. The molecule has 2 rings (SSSR count). The highest BCUT2D eigenvalue weighted by molar-refractivity contribution is 5.93. The summed E-state index contributed by atoms with van der Waals surface area (Å²) >= 11 is 0. The van der Waals surface area contributed by atoms with Crippen LogP contribution in [0.1, 0.15) is 42.9 Å². The van der Waals surface area contributed by atoms with Crippen LogP contribution in [0.2, 0.25) is 0 Å². The van der Waals surface area contributed by atoms with E-state index in [9.17, 15) is 9.59 Å². The maximum absolute atomic E-state index is 12.2. The van der Waals surface area contributed by atoms with Crippen molar-refractivity contribution in [3.63, 3.8) is 0 Å². The van der Waals surface area contributed by atoms with Crippen LogP contribution < -0.4 is 10.6 Å². The Balaban J connectivity index is 1.82. The molecule has 0 saturated carbocycles. The number of nitrogens with one attached hydrogen (secondary N) is 2. The third-order valence-corrected chi connectivity index (χ3v) is 4.07. The summed E-state index contributed by atoms with van der Waals surface area (Å²) in [5, 5.41) is 5.79. The number of aryl methyl sites for hydroxylation is 1. The number of rotatable bonds is 7. The summed E-state index contributed by atoms with van der Waals surface area (Å²) < 4.78 is 0. The number of carbonyl (C=O) groups is 2. The molecule has 0 radical (unpaired) electrons. The molecule has 0 aliphatic carbocycles. The predicted molar refractivity (Wildman–Crippen MR) is 102 cm³/mol. The first-order valence-electron chi connectivity index (χ1n) is 8.67. The van der Waals surface area contributed by atoms with Crippen molar-refractivity contribution in [1.29, 1.82) is 0 Å². The van der Waals surface area contributed by atoms with Gasteiger partial charge in [-0.05, 0) is 29.5 Å². The molecular formula is C21H26N2O2. The van der Waals surface area contributed by atoms with Crippen molar-refractivity contribution >= 4 is 17.5 Å². The molecule has 2 aromatic rings. The summed E-state index contributed by atoms with van der Waals surface area (Å²) in [5.41, 5.74) is 4.03. The molecule has 2 N–H and O–H groups in total. The lowest BCUT2D eigenvalue weighted by molar-refractivity contribution is -0.120. The fraction of sp³-hybridized carbons (Fsp3) is 0.333. The van der Waals surface area contributed by atoms with Gasteiger partial charge in [0.15, 0.2) is 0 Å². The highest BCUT2D eigenvalue weighted by Crippen LogP contribution is 2.27. The van der Waals surface area contributed by atoms with Gasteiger partial charge in [-0.1, -0.05) is 62.4 Å². The van der Waals surface area contributed by atoms with Crippen LogP contribution in [0.4, 0.5) is 5.69 Å². The lowest BCUT2D eigenvalue weighted by Gasteiger charge is -2.16. The maximum atomic E-state index is 12.2. The minimum absolute atomic E-state index is 0.0715. The fourth-order valence-corrected chi connectivity index (χ4v) is 2.70. The fourth-order valence-electron chi connectivity index (χ4n) is 2.70. The normalized spacial score (nSPS) is 10.6. The first-order chi connectivity index (χ1) is 12.0. The minimum atomic E-state index is -0.0868. The summed E-state index contributed by atoms with van der Waals surface area (Å²) in [6.07, 6.45) is 0.587. The number of para-hydroxylation sites is 1. The Bertz CT molecular complexity index is 724. The van der Waals surface area contributed by atoms with Crippen molar-refractivity contribution in [3.05, 3.63) is 65.2 Å². The van der Waals surface area contributed by atoms with Gasteiger partial charge in [-0.15, -0.1) is 0 Å². The Kier molecular flexibility index (Phi) is 6.75. The molecule has 0 aromatic heterocycles. The van der Waals surface area contributed by atoms with Crippen LogP contribution in [0.3, 0.4) is 0 Å². The summed E-state index contributed by atoms with van der Waals surface area (Å²) in [4.78, 5) is 24.1. The van der Waals surface area contributed by atoms with E-state index in [0.717, 1.165) is 22.4 Å². The summed E-state index contributed by atoms with van der Waals surface area (Å²) in [5.74, 6) is 0.176. The Morgan fingerprint density at radius 3 is 2.36 bits per heavy atom. The van der Waals surface area contributed by atoms with Crippen molar-refractivity contribution in [2.45, 2.75) is 39.5 Å². The van der Waals surface area contributed by atoms with Crippen LogP contribution in [0.5, 0.6) is 0 Å². The first-order valence-corrected chi connectivity index (χ1v) is 8.67. The third kappa shape index (κ3) is 5.75. The molecule has 0 spiro atoms. The second kappa shape index (κ2) is 9.02. The second-order valence-corrected chi connectivity index (χ2v) is 6.50. The van der Waals surface area contributed by atoms with Crippen LogP contribution in [0, 0.1) is 6.92 Å².